The highest BCUT2D eigenvalue weighted by Crippen LogP contribution is 2.30. The number of benzene rings is 2. The van der Waals surface area contributed by atoms with E-state index >= 15 is 0 Å². The van der Waals surface area contributed by atoms with Crippen molar-refractivity contribution in [2.24, 2.45) is 0 Å². The Morgan fingerprint density at radius 2 is 1.64 bits per heavy atom. The molecule has 0 aliphatic rings. The molecule has 5 rings (SSSR count). The lowest BCUT2D eigenvalue weighted by molar-refractivity contribution is 0.811. The second-order valence-electron chi connectivity index (χ2n) is 7.61. The molecule has 8 heteroatoms. The molecule has 0 saturated carbocycles. The Kier molecular flexibility index (Phi) is 5.97. The first-order chi connectivity index (χ1) is 16.0. The van der Waals surface area contributed by atoms with Crippen LogP contribution in [0.5, 0.6) is 0 Å². The third-order valence-electron chi connectivity index (χ3n) is 5.37. The van der Waals surface area contributed by atoms with Crippen molar-refractivity contribution in [2.75, 3.05) is 0 Å². The average Bonchev–Trinajstić information content (AvgIpc) is 3.15. The van der Waals surface area contributed by atoms with Crippen molar-refractivity contribution in [1.29, 1.82) is 0 Å². The molecule has 5 nitrogen and oxygen atoms in total. The maximum atomic E-state index is 13.8. The topological polar surface area (TPSA) is 52.7 Å². The molecule has 0 saturated heterocycles. The van der Waals surface area contributed by atoms with Crippen LogP contribution in [-0.4, -0.2) is 19.1 Å². The summed E-state index contributed by atoms with van der Waals surface area (Å²) in [6, 6.07) is 19.7. The largest absolute Gasteiger partial charge is 0.278 e. The van der Waals surface area contributed by atoms with E-state index in [1.54, 1.807) is 17.0 Å². The van der Waals surface area contributed by atoms with E-state index in [4.69, 9.17) is 17.2 Å². The van der Waals surface area contributed by atoms with Gasteiger partial charge in [-0.15, -0.1) is 0 Å². The van der Waals surface area contributed by atoms with Gasteiger partial charge in [-0.1, -0.05) is 59.5 Å². The Bertz CT molecular complexity index is 1550. The van der Waals surface area contributed by atoms with Gasteiger partial charge < -0.3 is 0 Å². The molecule has 0 radical (unpaired) electrons. The fourth-order valence-electron chi connectivity index (χ4n) is 3.82. The molecule has 0 aliphatic heterocycles. The molecule has 3 aromatic heterocycles. The van der Waals surface area contributed by atoms with Gasteiger partial charge in [0.05, 0.1) is 11.4 Å². The standard InChI is InChI=1S/C25H20N4OS3/c1-16-7-6-8-17(2)20(16)29-22-21(33-25(29)31)23(30)28(19-9-4-3-5-10-19)24(27-22)32-15-18-11-13-26-14-12-18/h3-14H,15H2,1-2H3. The predicted molar refractivity (Wildman–Crippen MR) is 139 cm³/mol. The number of aryl methyl sites for hydroxylation is 2. The van der Waals surface area contributed by atoms with Gasteiger partial charge in [0, 0.05) is 18.1 Å². The molecule has 164 valence electrons. The second kappa shape index (κ2) is 9.05. The molecule has 0 atom stereocenters. The van der Waals surface area contributed by atoms with Gasteiger partial charge in [-0.25, -0.2) is 4.98 Å². The molecule has 3 heterocycles. The van der Waals surface area contributed by atoms with E-state index in [1.165, 1.54) is 23.1 Å². The summed E-state index contributed by atoms with van der Waals surface area (Å²) in [6.45, 7) is 4.11. The van der Waals surface area contributed by atoms with Crippen molar-refractivity contribution in [3.05, 3.63) is 104 Å². The molecule has 0 unspecified atom stereocenters. The zero-order valence-corrected chi connectivity index (χ0v) is 20.5. The van der Waals surface area contributed by atoms with E-state index < -0.39 is 0 Å². The highest BCUT2D eigenvalue weighted by Gasteiger charge is 2.20. The number of aromatic nitrogens is 4. The number of thiazole rings is 1. The summed E-state index contributed by atoms with van der Waals surface area (Å²) in [5, 5.41) is 0.628. The maximum absolute atomic E-state index is 13.8. The highest BCUT2D eigenvalue weighted by atomic mass is 32.2. The van der Waals surface area contributed by atoms with Crippen LogP contribution in [0.2, 0.25) is 0 Å². The summed E-state index contributed by atoms with van der Waals surface area (Å²) in [5.41, 5.74) is 5.56. The highest BCUT2D eigenvalue weighted by molar-refractivity contribution is 7.98. The number of pyridine rings is 1. The fraction of sp³-hybridized carbons (Fsp3) is 0.120. The zero-order chi connectivity index (χ0) is 22.9. The lowest BCUT2D eigenvalue weighted by atomic mass is 10.1. The van der Waals surface area contributed by atoms with Gasteiger partial charge in [0.2, 0.25) is 0 Å². The molecule has 0 bridgehead atoms. The third-order valence-corrected chi connectivity index (χ3v) is 7.73. The van der Waals surface area contributed by atoms with Crippen molar-refractivity contribution in [3.8, 4) is 11.4 Å². The van der Waals surface area contributed by atoms with Crippen LogP contribution in [0.1, 0.15) is 16.7 Å². The van der Waals surface area contributed by atoms with Gasteiger partial charge in [-0.3, -0.25) is 18.9 Å². The predicted octanol–water partition coefficient (Wildman–Crippen LogP) is 6.27. The van der Waals surface area contributed by atoms with Gasteiger partial charge in [0.25, 0.3) is 5.56 Å². The summed E-state index contributed by atoms with van der Waals surface area (Å²) < 4.78 is 4.81. The number of hydrogen-bond acceptors (Lipinski definition) is 6. The minimum Gasteiger partial charge on any atom is -0.275 e. The van der Waals surface area contributed by atoms with Crippen molar-refractivity contribution in [3.63, 3.8) is 0 Å². The van der Waals surface area contributed by atoms with Crippen molar-refractivity contribution in [2.45, 2.75) is 24.8 Å². The summed E-state index contributed by atoms with van der Waals surface area (Å²) in [4.78, 5) is 22.9. The number of rotatable bonds is 5. The van der Waals surface area contributed by atoms with Gasteiger partial charge >= 0.3 is 0 Å². The first kappa shape index (κ1) is 21.8. The van der Waals surface area contributed by atoms with Crippen LogP contribution >= 0.6 is 35.3 Å². The van der Waals surface area contributed by atoms with E-state index in [0.717, 1.165) is 28.1 Å². The van der Waals surface area contributed by atoms with Gasteiger partial charge in [0.15, 0.2) is 14.8 Å². The average molecular weight is 489 g/mol. The Labute approximate surface area is 204 Å². The van der Waals surface area contributed by atoms with Crippen molar-refractivity contribution in [1.82, 2.24) is 19.1 Å². The van der Waals surface area contributed by atoms with Crippen molar-refractivity contribution < 1.29 is 0 Å². The van der Waals surface area contributed by atoms with Crippen LogP contribution in [-0.2, 0) is 5.75 Å². The Morgan fingerprint density at radius 1 is 0.939 bits per heavy atom. The molecule has 0 aliphatic carbocycles. The van der Waals surface area contributed by atoms with Crippen LogP contribution in [0.25, 0.3) is 21.7 Å². The van der Waals surface area contributed by atoms with Gasteiger partial charge in [-0.05, 0) is 67.0 Å². The minimum absolute atomic E-state index is 0.107. The van der Waals surface area contributed by atoms with E-state index in [0.29, 0.717) is 25.2 Å². The normalized spacial score (nSPS) is 11.2. The number of hydrogen-bond donors (Lipinski definition) is 0. The SMILES string of the molecule is Cc1cccc(C)c1-n1c(=S)sc2c(=O)n(-c3ccccc3)c(SCc3ccncc3)nc21. The Morgan fingerprint density at radius 3 is 2.33 bits per heavy atom. The van der Waals surface area contributed by atoms with Crippen molar-refractivity contribution >= 4 is 45.7 Å². The fourth-order valence-corrected chi connectivity index (χ4v) is 6.05. The first-order valence-corrected chi connectivity index (χ1v) is 12.6. The summed E-state index contributed by atoms with van der Waals surface area (Å²) >= 11 is 8.58. The van der Waals surface area contributed by atoms with Crippen LogP contribution in [0, 0.1) is 17.8 Å². The zero-order valence-electron chi connectivity index (χ0n) is 18.1. The summed E-state index contributed by atoms with van der Waals surface area (Å²) in [5.74, 6) is 0.668. The number of thioether (sulfide) groups is 1. The molecular formula is C25H20N4OS3. The smallest absolute Gasteiger partial charge is 0.275 e. The van der Waals surface area contributed by atoms with E-state index in [1.807, 2.05) is 53.1 Å². The molecule has 2 aromatic carbocycles. The molecule has 33 heavy (non-hydrogen) atoms. The number of nitrogens with zero attached hydrogens (tertiary/aromatic N) is 4. The lowest BCUT2D eigenvalue weighted by Crippen LogP contribution is -2.21. The summed E-state index contributed by atoms with van der Waals surface area (Å²) in [7, 11) is 0. The summed E-state index contributed by atoms with van der Waals surface area (Å²) in [6.07, 6.45) is 3.54. The Hall–Kier alpha value is -3.07. The van der Waals surface area contributed by atoms with Crippen LogP contribution in [0.3, 0.4) is 0 Å². The molecule has 0 amide bonds. The van der Waals surface area contributed by atoms with Crippen LogP contribution < -0.4 is 5.56 Å². The number of para-hydroxylation sites is 2. The molecule has 0 fully saturated rings. The monoisotopic (exact) mass is 488 g/mol. The third kappa shape index (κ3) is 4.06. The Balaban J connectivity index is 1.77. The van der Waals surface area contributed by atoms with E-state index in [-0.39, 0.29) is 5.56 Å². The van der Waals surface area contributed by atoms with Crippen LogP contribution in [0.4, 0.5) is 0 Å². The molecule has 0 spiro atoms. The van der Waals surface area contributed by atoms with Gasteiger partial charge in [0.1, 0.15) is 4.70 Å². The van der Waals surface area contributed by atoms with Crippen LogP contribution in [0.15, 0.2) is 83.0 Å². The molecule has 0 N–H and O–H groups in total. The molecule has 5 aromatic rings. The van der Waals surface area contributed by atoms with E-state index in [9.17, 15) is 4.79 Å². The quantitative estimate of drug-likeness (QED) is 0.166. The minimum atomic E-state index is -0.107. The maximum Gasteiger partial charge on any atom is 0.278 e. The van der Waals surface area contributed by atoms with E-state index in [2.05, 4.69) is 31.0 Å². The lowest BCUT2D eigenvalue weighted by Gasteiger charge is -2.14. The van der Waals surface area contributed by atoms with Gasteiger partial charge in [-0.2, -0.15) is 0 Å². The first-order valence-electron chi connectivity index (χ1n) is 10.4. The molecular weight excluding hydrogens is 469 g/mol. The second-order valence-corrected chi connectivity index (χ2v) is 10.2. The number of fused-ring (bicyclic) bond motifs is 1.